The average Bonchev–Trinajstić information content (AvgIpc) is 2.50. The Hall–Kier alpha value is -0.610. The highest BCUT2D eigenvalue weighted by Crippen LogP contribution is 2.19. The third-order valence-corrected chi connectivity index (χ3v) is 2.56. The molecule has 0 aliphatic heterocycles. The molecule has 14 heavy (non-hydrogen) atoms. The van der Waals surface area contributed by atoms with Crippen molar-refractivity contribution in [3.05, 3.63) is 22.6 Å². The summed E-state index contributed by atoms with van der Waals surface area (Å²) in [4.78, 5) is 11.5. The van der Waals surface area contributed by atoms with Gasteiger partial charge in [-0.1, -0.05) is 0 Å². The number of nitrogens with two attached hydrogens (primary N) is 1. The van der Waals surface area contributed by atoms with E-state index < -0.39 is 0 Å². The lowest BCUT2D eigenvalue weighted by molar-refractivity contribution is 0.0951. The molecule has 3 nitrogen and oxygen atoms in total. The van der Waals surface area contributed by atoms with Crippen LogP contribution in [0.15, 0.2) is 21.2 Å². The molecule has 78 valence electrons. The Morgan fingerprint density at radius 1 is 1.71 bits per heavy atom. The van der Waals surface area contributed by atoms with Crippen molar-refractivity contribution in [3.8, 4) is 0 Å². The highest BCUT2D eigenvalue weighted by molar-refractivity contribution is 9.10. The molecular formula is C10H14BrNO2. The molecular weight excluding hydrogens is 246 g/mol. The summed E-state index contributed by atoms with van der Waals surface area (Å²) in [6.07, 6.45) is 3.67. The van der Waals surface area contributed by atoms with E-state index in [-0.39, 0.29) is 11.8 Å². The summed E-state index contributed by atoms with van der Waals surface area (Å²) in [6, 6.07) is 1.88. The summed E-state index contributed by atoms with van der Waals surface area (Å²) in [5.74, 6) is 0.442. The lowest BCUT2D eigenvalue weighted by Crippen LogP contribution is -2.14. The Morgan fingerprint density at radius 3 is 2.93 bits per heavy atom. The van der Waals surface area contributed by atoms with Crippen molar-refractivity contribution >= 4 is 21.7 Å². The van der Waals surface area contributed by atoms with Crippen LogP contribution in [0.2, 0.25) is 0 Å². The normalized spacial score (nSPS) is 12.8. The minimum atomic E-state index is 0.0301. The van der Waals surface area contributed by atoms with Crippen LogP contribution >= 0.6 is 15.9 Å². The van der Waals surface area contributed by atoms with Crippen LogP contribution in [0.25, 0.3) is 0 Å². The number of hydrogen-bond donors (Lipinski definition) is 1. The first-order valence-corrected chi connectivity index (χ1v) is 5.42. The number of carbonyl (C=O) groups excluding carboxylic acids is 1. The molecule has 2 N–H and O–H groups in total. The second-order valence-electron chi connectivity index (χ2n) is 3.39. The summed E-state index contributed by atoms with van der Waals surface area (Å²) >= 11 is 3.25. The number of Topliss-reactive ketones (excluding diaryl/α,β-unsaturated/α-hetero) is 1. The van der Waals surface area contributed by atoms with Crippen LogP contribution < -0.4 is 5.73 Å². The first-order valence-electron chi connectivity index (χ1n) is 4.63. The molecule has 0 saturated carbocycles. The minimum absolute atomic E-state index is 0.0301. The second kappa shape index (κ2) is 5.32. The predicted octanol–water partition coefficient (Wildman–Crippen LogP) is 2.74. The van der Waals surface area contributed by atoms with Gasteiger partial charge in [-0.25, -0.2) is 0 Å². The molecule has 0 fully saturated rings. The zero-order chi connectivity index (χ0) is 10.6. The molecule has 0 bridgehead atoms. The van der Waals surface area contributed by atoms with Crippen molar-refractivity contribution in [2.75, 3.05) is 0 Å². The van der Waals surface area contributed by atoms with Gasteiger partial charge in [-0.05, 0) is 41.8 Å². The molecule has 0 aromatic carbocycles. The molecule has 1 aromatic rings. The van der Waals surface area contributed by atoms with Crippen LogP contribution in [0.4, 0.5) is 0 Å². The van der Waals surface area contributed by atoms with Gasteiger partial charge in [0.2, 0.25) is 0 Å². The zero-order valence-corrected chi connectivity index (χ0v) is 9.71. The van der Waals surface area contributed by atoms with Gasteiger partial charge in [-0.2, -0.15) is 0 Å². The van der Waals surface area contributed by atoms with Crippen LogP contribution in [0, 0.1) is 0 Å². The standard InChI is InChI=1S/C10H14BrNO2/c1-7(12)3-2-4-9(13)10-8(11)5-6-14-10/h5-7H,2-4,12H2,1H3. The van der Waals surface area contributed by atoms with Gasteiger partial charge < -0.3 is 10.2 Å². The molecule has 1 heterocycles. The molecule has 1 aromatic heterocycles. The van der Waals surface area contributed by atoms with Crippen molar-refractivity contribution < 1.29 is 9.21 Å². The fraction of sp³-hybridized carbons (Fsp3) is 0.500. The van der Waals surface area contributed by atoms with Gasteiger partial charge in [0.25, 0.3) is 0 Å². The van der Waals surface area contributed by atoms with Gasteiger partial charge in [-0.3, -0.25) is 4.79 Å². The number of rotatable bonds is 5. The second-order valence-corrected chi connectivity index (χ2v) is 4.24. The number of furan rings is 1. The number of carbonyl (C=O) groups is 1. The zero-order valence-electron chi connectivity index (χ0n) is 8.13. The highest BCUT2D eigenvalue weighted by atomic mass is 79.9. The first-order chi connectivity index (χ1) is 6.61. The van der Waals surface area contributed by atoms with Gasteiger partial charge >= 0.3 is 0 Å². The van der Waals surface area contributed by atoms with E-state index in [1.807, 2.05) is 6.92 Å². The lowest BCUT2D eigenvalue weighted by Gasteiger charge is -2.02. The third-order valence-electron chi connectivity index (χ3n) is 1.93. The molecule has 0 saturated heterocycles. The van der Waals surface area contributed by atoms with Crippen LogP contribution in [-0.4, -0.2) is 11.8 Å². The molecule has 4 heteroatoms. The van der Waals surface area contributed by atoms with E-state index in [0.717, 1.165) is 17.3 Å². The van der Waals surface area contributed by atoms with E-state index in [1.54, 1.807) is 6.07 Å². The van der Waals surface area contributed by atoms with Crippen molar-refractivity contribution in [3.63, 3.8) is 0 Å². The quantitative estimate of drug-likeness (QED) is 0.828. The Bertz CT molecular complexity index is 307. The number of hydrogen-bond acceptors (Lipinski definition) is 3. The van der Waals surface area contributed by atoms with E-state index in [2.05, 4.69) is 15.9 Å². The molecule has 0 radical (unpaired) electrons. The van der Waals surface area contributed by atoms with Crippen molar-refractivity contribution in [2.24, 2.45) is 5.73 Å². The third kappa shape index (κ3) is 3.27. The number of ketones is 1. The first kappa shape index (κ1) is 11.5. The summed E-state index contributed by atoms with van der Waals surface area (Å²) in [7, 11) is 0. The molecule has 0 amide bonds. The molecule has 0 aliphatic rings. The molecule has 1 atom stereocenters. The maximum absolute atomic E-state index is 11.5. The van der Waals surface area contributed by atoms with Gasteiger partial charge in [0.05, 0.1) is 10.7 Å². The van der Waals surface area contributed by atoms with E-state index >= 15 is 0 Å². The fourth-order valence-electron chi connectivity index (χ4n) is 1.19. The SMILES string of the molecule is CC(N)CCCC(=O)c1occc1Br. The maximum Gasteiger partial charge on any atom is 0.199 e. The predicted molar refractivity (Wildman–Crippen MR) is 58.2 cm³/mol. The van der Waals surface area contributed by atoms with E-state index in [9.17, 15) is 4.79 Å². The lowest BCUT2D eigenvalue weighted by atomic mass is 10.1. The summed E-state index contributed by atoms with van der Waals surface area (Å²) in [5.41, 5.74) is 5.58. The number of halogens is 1. The minimum Gasteiger partial charge on any atom is -0.460 e. The Balaban J connectivity index is 2.40. The molecule has 1 unspecified atom stereocenters. The summed E-state index contributed by atoms with van der Waals surface area (Å²) in [6.45, 7) is 1.94. The van der Waals surface area contributed by atoms with Crippen LogP contribution in [-0.2, 0) is 0 Å². The smallest absolute Gasteiger partial charge is 0.199 e. The van der Waals surface area contributed by atoms with Crippen molar-refractivity contribution in [2.45, 2.75) is 32.2 Å². The van der Waals surface area contributed by atoms with Crippen LogP contribution in [0.3, 0.4) is 0 Å². The van der Waals surface area contributed by atoms with Crippen LogP contribution in [0.5, 0.6) is 0 Å². The summed E-state index contributed by atoms with van der Waals surface area (Å²) < 4.78 is 5.78. The largest absolute Gasteiger partial charge is 0.460 e. The monoisotopic (exact) mass is 259 g/mol. The topological polar surface area (TPSA) is 56.2 Å². The highest BCUT2D eigenvalue weighted by Gasteiger charge is 2.13. The maximum atomic E-state index is 11.5. The molecule has 0 spiro atoms. The van der Waals surface area contributed by atoms with E-state index in [4.69, 9.17) is 10.2 Å². The van der Waals surface area contributed by atoms with E-state index in [0.29, 0.717) is 12.2 Å². The van der Waals surface area contributed by atoms with Crippen LogP contribution in [0.1, 0.15) is 36.7 Å². The molecule has 0 aliphatic carbocycles. The fourth-order valence-corrected chi connectivity index (χ4v) is 1.61. The van der Waals surface area contributed by atoms with Gasteiger partial charge in [0.15, 0.2) is 11.5 Å². The van der Waals surface area contributed by atoms with Gasteiger partial charge in [0.1, 0.15) is 0 Å². The Labute approximate surface area is 91.8 Å². The molecule has 1 rings (SSSR count). The summed E-state index contributed by atoms with van der Waals surface area (Å²) in [5, 5.41) is 0. The van der Waals surface area contributed by atoms with E-state index in [1.165, 1.54) is 6.26 Å². The van der Waals surface area contributed by atoms with Crippen molar-refractivity contribution in [1.82, 2.24) is 0 Å². The van der Waals surface area contributed by atoms with Crippen molar-refractivity contribution in [1.29, 1.82) is 0 Å². The average molecular weight is 260 g/mol. The Kier molecular flexibility index (Phi) is 4.35. The van der Waals surface area contributed by atoms with Gasteiger partial charge in [-0.15, -0.1) is 0 Å². The van der Waals surface area contributed by atoms with Gasteiger partial charge in [0, 0.05) is 12.5 Å². The Morgan fingerprint density at radius 2 is 2.43 bits per heavy atom.